The van der Waals surface area contributed by atoms with Crippen molar-refractivity contribution in [2.75, 3.05) is 18.1 Å². The third kappa shape index (κ3) is 5.30. The number of amides is 1. The quantitative estimate of drug-likeness (QED) is 0.778. The molecule has 4 heteroatoms. The SMILES string of the molecule is CCCCC(=O)NCC1CCS(=O)CC1. The Morgan fingerprint density at radius 1 is 1.40 bits per heavy atom. The van der Waals surface area contributed by atoms with Crippen LogP contribution in [-0.2, 0) is 15.6 Å². The topological polar surface area (TPSA) is 46.2 Å². The van der Waals surface area contributed by atoms with Crippen LogP contribution >= 0.6 is 0 Å². The summed E-state index contributed by atoms with van der Waals surface area (Å²) < 4.78 is 11.1. The van der Waals surface area contributed by atoms with Crippen molar-refractivity contribution in [3.05, 3.63) is 0 Å². The Labute approximate surface area is 94.5 Å². The fourth-order valence-corrected chi connectivity index (χ4v) is 3.13. The summed E-state index contributed by atoms with van der Waals surface area (Å²) in [4.78, 5) is 11.3. The van der Waals surface area contributed by atoms with Crippen LogP contribution in [-0.4, -0.2) is 28.2 Å². The monoisotopic (exact) mass is 231 g/mol. The maximum absolute atomic E-state index is 11.3. The predicted octanol–water partition coefficient (Wildman–Crippen LogP) is 1.45. The molecule has 0 saturated carbocycles. The summed E-state index contributed by atoms with van der Waals surface area (Å²) in [7, 11) is -0.593. The lowest BCUT2D eigenvalue weighted by Crippen LogP contribution is -2.32. The van der Waals surface area contributed by atoms with Crippen LogP contribution in [0, 0.1) is 5.92 Å². The van der Waals surface area contributed by atoms with Gasteiger partial charge >= 0.3 is 0 Å². The summed E-state index contributed by atoms with van der Waals surface area (Å²) in [6.07, 6.45) is 4.69. The molecule has 1 heterocycles. The number of unbranched alkanes of at least 4 members (excludes halogenated alkanes) is 1. The van der Waals surface area contributed by atoms with Crippen LogP contribution in [0.3, 0.4) is 0 Å². The predicted molar refractivity (Wildman–Crippen MR) is 63.1 cm³/mol. The number of rotatable bonds is 5. The van der Waals surface area contributed by atoms with Gasteiger partial charge in [-0.1, -0.05) is 13.3 Å². The average Bonchev–Trinajstić information content (AvgIpc) is 2.25. The van der Waals surface area contributed by atoms with Gasteiger partial charge in [-0.2, -0.15) is 0 Å². The fraction of sp³-hybridized carbons (Fsp3) is 0.909. The lowest BCUT2D eigenvalue weighted by Gasteiger charge is -2.21. The van der Waals surface area contributed by atoms with Gasteiger partial charge in [-0.3, -0.25) is 9.00 Å². The molecule has 0 aromatic carbocycles. The summed E-state index contributed by atoms with van der Waals surface area (Å²) in [5.74, 6) is 2.35. The van der Waals surface area contributed by atoms with E-state index in [1.54, 1.807) is 0 Å². The van der Waals surface area contributed by atoms with E-state index in [2.05, 4.69) is 12.2 Å². The van der Waals surface area contributed by atoms with E-state index < -0.39 is 10.8 Å². The molecule has 3 nitrogen and oxygen atoms in total. The van der Waals surface area contributed by atoms with Crippen molar-refractivity contribution in [1.29, 1.82) is 0 Å². The van der Waals surface area contributed by atoms with Crippen molar-refractivity contribution in [3.8, 4) is 0 Å². The number of carbonyl (C=O) groups is 1. The van der Waals surface area contributed by atoms with Crippen molar-refractivity contribution in [3.63, 3.8) is 0 Å². The van der Waals surface area contributed by atoms with Gasteiger partial charge < -0.3 is 5.32 Å². The van der Waals surface area contributed by atoms with Gasteiger partial charge in [-0.15, -0.1) is 0 Å². The molecule has 1 amide bonds. The van der Waals surface area contributed by atoms with E-state index in [9.17, 15) is 9.00 Å². The minimum absolute atomic E-state index is 0.170. The van der Waals surface area contributed by atoms with Gasteiger partial charge in [0.05, 0.1) is 0 Å². The van der Waals surface area contributed by atoms with Gasteiger partial charge in [0.25, 0.3) is 0 Å². The van der Waals surface area contributed by atoms with Crippen molar-refractivity contribution < 1.29 is 9.00 Å². The Morgan fingerprint density at radius 2 is 2.07 bits per heavy atom. The second-order valence-electron chi connectivity index (χ2n) is 4.20. The zero-order valence-corrected chi connectivity index (χ0v) is 10.3. The third-order valence-corrected chi connectivity index (χ3v) is 4.23. The van der Waals surface area contributed by atoms with Crippen LogP contribution in [0.1, 0.15) is 39.0 Å². The molecule has 0 aliphatic carbocycles. The van der Waals surface area contributed by atoms with Crippen LogP contribution in [0.25, 0.3) is 0 Å². The van der Waals surface area contributed by atoms with E-state index in [1.165, 1.54) is 0 Å². The molecule has 1 aliphatic rings. The smallest absolute Gasteiger partial charge is 0.220 e. The molecule has 0 atom stereocenters. The molecule has 1 saturated heterocycles. The van der Waals surface area contributed by atoms with Gasteiger partial charge in [0.2, 0.25) is 5.91 Å². The molecule has 0 aromatic rings. The van der Waals surface area contributed by atoms with E-state index in [4.69, 9.17) is 0 Å². The fourth-order valence-electron chi connectivity index (χ4n) is 1.73. The number of hydrogen-bond acceptors (Lipinski definition) is 2. The molecule has 0 spiro atoms. The average molecular weight is 231 g/mol. The maximum Gasteiger partial charge on any atom is 0.220 e. The van der Waals surface area contributed by atoms with Crippen LogP contribution < -0.4 is 5.32 Å². The van der Waals surface area contributed by atoms with Gasteiger partial charge in [0, 0.05) is 35.3 Å². The Morgan fingerprint density at radius 3 is 2.67 bits per heavy atom. The lowest BCUT2D eigenvalue weighted by molar-refractivity contribution is -0.121. The second kappa shape index (κ2) is 6.99. The highest BCUT2D eigenvalue weighted by Crippen LogP contribution is 2.15. The molecule has 0 bridgehead atoms. The molecule has 88 valence electrons. The van der Waals surface area contributed by atoms with E-state index >= 15 is 0 Å². The van der Waals surface area contributed by atoms with Crippen LogP contribution in [0.15, 0.2) is 0 Å². The molecule has 1 aliphatic heterocycles. The standard InChI is InChI=1S/C11H21NO2S/c1-2-3-4-11(13)12-9-10-5-7-15(14)8-6-10/h10H,2-9H2,1H3,(H,12,13). The van der Waals surface area contributed by atoms with Crippen molar-refractivity contribution in [2.24, 2.45) is 5.92 Å². The second-order valence-corrected chi connectivity index (χ2v) is 5.90. The van der Waals surface area contributed by atoms with Gasteiger partial charge in [0.1, 0.15) is 0 Å². The van der Waals surface area contributed by atoms with E-state index in [0.29, 0.717) is 12.3 Å². The maximum atomic E-state index is 11.3. The van der Waals surface area contributed by atoms with Gasteiger partial charge in [-0.05, 0) is 25.2 Å². The first-order valence-electron chi connectivity index (χ1n) is 5.84. The van der Waals surface area contributed by atoms with Crippen molar-refractivity contribution in [1.82, 2.24) is 5.32 Å². The Hall–Kier alpha value is -0.380. The molecule has 1 N–H and O–H groups in total. The van der Waals surface area contributed by atoms with Crippen molar-refractivity contribution in [2.45, 2.75) is 39.0 Å². The summed E-state index contributed by atoms with van der Waals surface area (Å²) in [5, 5.41) is 2.96. The van der Waals surface area contributed by atoms with E-state index in [1.807, 2.05) is 0 Å². The molecule has 1 fully saturated rings. The number of carbonyl (C=O) groups excluding carboxylic acids is 1. The summed E-state index contributed by atoms with van der Waals surface area (Å²) in [5.41, 5.74) is 0. The summed E-state index contributed by atoms with van der Waals surface area (Å²) in [6, 6.07) is 0. The third-order valence-electron chi connectivity index (χ3n) is 2.85. The molecular weight excluding hydrogens is 210 g/mol. The van der Waals surface area contributed by atoms with E-state index in [0.717, 1.165) is 43.7 Å². The molecule has 0 unspecified atom stereocenters. The molecule has 15 heavy (non-hydrogen) atoms. The molecule has 0 radical (unpaired) electrons. The largest absolute Gasteiger partial charge is 0.356 e. The normalized spacial score (nSPS) is 26.2. The highest BCUT2D eigenvalue weighted by atomic mass is 32.2. The molecular formula is C11H21NO2S. The highest BCUT2D eigenvalue weighted by molar-refractivity contribution is 7.85. The number of nitrogens with one attached hydrogen (secondary N) is 1. The van der Waals surface area contributed by atoms with Crippen LogP contribution in [0.5, 0.6) is 0 Å². The first kappa shape index (κ1) is 12.7. The van der Waals surface area contributed by atoms with Crippen LogP contribution in [0.4, 0.5) is 0 Å². The first-order valence-corrected chi connectivity index (χ1v) is 7.33. The molecule has 1 rings (SSSR count). The molecule has 0 aromatic heterocycles. The minimum atomic E-state index is -0.593. The summed E-state index contributed by atoms with van der Waals surface area (Å²) in [6.45, 7) is 2.86. The highest BCUT2D eigenvalue weighted by Gasteiger charge is 2.17. The Balaban J connectivity index is 2.09. The lowest BCUT2D eigenvalue weighted by atomic mass is 10.0. The Kier molecular flexibility index (Phi) is 5.91. The van der Waals surface area contributed by atoms with Gasteiger partial charge in [-0.25, -0.2) is 0 Å². The van der Waals surface area contributed by atoms with E-state index in [-0.39, 0.29) is 5.91 Å². The van der Waals surface area contributed by atoms with Crippen molar-refractivity contribution >= 4 is 16.7 Å². The van der Waals surface area contributed by atoms with Crippen LogP contribution in [0.2, 0.25) is 0 Å². The minimum Gasteiger partial charge on any atom is -0.356 e. The number of hydrogen-bond donors (Lipinski definition) is 1. The Bertz CT molecular complexity index is 221. The van der Waals surface area contributed by atoms with Gasteiger partial charge in [0.15, 0.2) is 0 Å². The zero-order chi connectivity index (χ0) is 11.1. The first-order chi connectivity index (χ1) is 7.22. The summed E-state index contributed by atoms with van der Waals surface area (Å²) >= 11 is 0. The zero-order valence-electron chi connectivity index (χ0n) is 9.46.